The minimum atomic E-state index is -1.02. The van der Waals surface area contributed by atoms with E-state index in [-0.39, 0.29) is 109 Å². The molecular formula is C39H56O11. The number of hydrogen-bond donors (Lipinski definition) is 2. The summed E-state index contributed by atoms with van der Waals surface area (Å²) < 4.78 is 53.6. The Morgan fingerprint density at radius 2 is 1.48 bits per heavy atom. The maximum Gasteiger partial charge on any atom is 0.172 e. The van der Waals surface area contributed by atoms with Crippen molar-refractivity contribution in [1.29, 1.82) is 0 Å². The minimum absolute atomic E-state index is 0.0163. The molecule has 10 rings (SSSR count). The fourth-order valence-electron chi connectivity index (χ4n) is 11.1. The van der Waals surface area contributed by atoms with E-state index in [0.29, 0.717) is 25.7 Å². The third-order valence-electron chi connectivity index (χ3n) is 13.9. The number of ketones is 1. The van der Waals surface area contributed by atoms with Gasteiger partial charge in [-0.15, -0.1) is 0 Å². The Bertz CT molecular complexity index is 1340. The highest BCUT2D eigenvalue weighted by molar-refractivity contribution is 5.79. The smallest absolute Gasteiger partial charge is 0.172 e. The summed E-state index contributed by atoms with van der Waals surface area (Å²) in [5.74, 6) is -0.655. The number of Topliss-reactive ketones (excluding diaryl/α,β-unsaturated/α-hetero) is 1. The predicted octanol–water partition coefficient (Wildman–Crippen LogP) is 3.70. The maximum atomic E-state index is 13.9. The zero-order chi connectivity index (χ0) is 34.5. The van der Waals surface area contributed by atoms with Crippen LogP contribution in [0.25, 0.3) is 0 Å². The van der Waals surface area contributed by atoms with Gasteiger partial charge in [0, 0.05) is 32.1 Å². The van der Waals surface area contributed by atoms with Crippen LogP contribution in [0.4, 0.5) is 0 Å². The lowest BCUT2D eigenvalue weighted by Gasteiger charge is -2.47. The molecule has 10 aliphatic heterocycles. The predicted molar refractivity (Wildman–Crippen MR) is 178 cm³/mol. The first-order chi connectivity index (χ1) is 24.1. The van der Waals surface area contributed by atoms with E-state index in [0.717, 1.165) is 56.1 Å². The molecule has 50 heavy (non-hydrogen) atoms. The maximum absolute atomic E-state index is 13.9. The van der Waals surface area contributed by atoms with Gasteiger partial charge < -0.3 is 48.1 Å². The molecule has 11 nitrogen and oxygen atoms in total. The van der Waals surface area contributed by atoms with E-state index in [9.17, 15) is 15.0 Å². The van der Waals surface area contributed by atoms with E-state index < -0.39 is 24.6 Å². The van der Waals surface area contributed by atoms with Gasteiger partial charge in [0.15, 0.2) is 5.79 Å². The van der Waals surface area contributed by atoms with Gasteiger partial charge in [-0.3, -0.25) is 4.79 Å². The average molecular weight is 701 g/mol. The molecule has 0 aromatic carbocycles. The van der Waals surface area contributed by atoms with Crippen molar-refractivity contribution in [3.63, 3.8) is 0 Å². The van der Waals surface area contributed by atoms with Crippen LogP contribution >= 0.6 is 0 Å². The number of hydrogen-bond acceptors (Lipinski definition) is 11. The number of aliphatic hydroxyl groups is 2. The Balaban J connectivity index is 0.992. The second-order valence-corrected chi connectivity index (χ2v) is 17.1. The van der Waals surface area contributed by atoms with E-state index in [4.69, 9.17) is 37.9 Å². The molecule has 12 bridgehead atoms. The molecule has 10 heterocycles. The largest absolute Gasteiger partial charge is 0.394 e. The summed E-state index contributed by atoms with van der Waals surface area (Å²) in [5, 5.41) is 20.6. The van der Waals surface area contributed by atoms with E-state index >= 15 is 0 Å². The molecule has 2 N–H and O–H groups in total. The number of carbonyl (C=O) groups excluding carboxylic acids is 1. The molecule has 11 heteroatoms. The highest BCUT2D eigenvalue weighted by Gasteiger charge is 2.68. The molecule has 0 aliphatic carbocycles. The quantitative estimate of drug-likeness (QED) is 0.409. The lowest BCUT2D eigenvalue weighted by Crippen LogP contribution is -2.61. The number of rotatable bonds is 2. The van der Waals surface area contributed by atoms with Crippen LogP contribution in [0.1, 0.15) is 90.9 Å². The molecule has 10 saturated heterocycles. The molecule has 0 saturated carbocycles. The average Bonchev–Trinajstić information content (AvgIpc) is 3.76. The Labute approximate surface area is 295 Å². The summed E-state index contributed by atoms with van der Waals surface area (Å²) >= 11 is 0. The van der Waals surface area contributed by atoms with Gasteiger partial charge in [0.2, 0.25) is 0 Å². The zero-order valence-electron chi connectivity index (χ0n) is 29.6. The summed E-state index contributed by atoms with van der Waals surface area (Å²) in [6.45, 7) is 12.7. The molecule has 19 atom stereocenters. The third kappa shape index (κ3) is 6.00. The van der Waals surface area contributed by atoms with Gasteiger partial charge in [-0.05, 0) is 73.8 Å². The van der Waals surface area contributed by atoms with Gasteiger partial charge in [0.25, 0.3) is 0 Å². The van der Waals surface area contributed by atoms with Crippen LogP contribution in [-0.2, 0) is 42.7 Å². The molecule has 5 unspecified atom stereocenters. The molecule has 0 radical (unpaired) electrons. The summed E-state index contributed by atoms with van der Waals surface area (Å²) in [5.41, 5.74) is 2.18. The van der Waals surface area contributed by atoms with Crippen molar-refractivity contribution in [3.8, 4) is 0 Å². The van der Waals surface area contributed by atoms with Crippen molar-refractivity contribution in [2.45, 2.75) is 188 Å². The van der Waals surface area contributed by atoms with Gasteiger partial charge in [0.1, 0.15) is 42.4 Å². The number of ether oxygens (including phenoxy) is 8. The monoisotopic (exact) mass is 700 g/mol. The zero-order valence-corrected chi connectivity index (χ0v) is 29.6. The van der Waals surface area contributed by atoms with E-state index in [1.165, 1.54) is 0 Å². The van der Waals surface area contributed by atoms with Gasteiger partial charge in [-0.2, -0.15) is 0 Å². The van der Waals surface area contributed by atoms with E-state index in [1.54, 1.807) is 0 Å². The van der Waals surface area contributed by atoms with Gasteiger partial charge in [-0.1, -0.05) is 27.0 Å². The van der Waals surface area contributed by atoms with Crippen LogP contribution in [0, 0.1) is 17.8 Å². The SMILES string of the molecule is C=C1C[C@@H]2CC[C@@]34C[C@@H]5O[C@@H]6[C@@H](O[C@H]7CCC(CC(=O)C[C@H]8[C@H](CC9O[C@@H](CCC1O2)C[C@@H](C)C9=C)OC(C(O)CO)[C@@H]8C)O[C@@H]7[C@@H]6O3)[C@H]5O4. The lowest BCUT2D eigenvalue weighted by molar-refractivity contribution is -0.292. The molecule has 0 aromatic rings. The van der Waals surface area contributed by atoms with Crippen molar-refractivity contribution in [3.05, 3.63) is 24.3 Å². The van der Waals surface area contributed by atoms with Gasteiger partial charge in [-0.25, -0.2) is 0 Å². The third-order valence-corrected chi connectivity index (χ3v) is 13.9. The number of fused-ring (bicyclic) bond motifs is 6. The first-order valence-corrected chi connectivity index (χ1v) is 19.5. The first-order valence-electron chi connectivity index (χ1n) is 19.5. The van der Waals surface area contributed by atoms with Gasteiger partial charge >= 0.3 is 0 Å². The lowest BCUT2D eigenvalue weighted by atomic mass is 9.78. The topological polar surface area (TPSA) is 131 Å². The van der Waals surface area contributed by atoms with Crippen molar-refractivity contribution < 1.29 is 52.9 Å². The van der Waals surface area contributed by atoms with Crippen LogP contribution in [0.2, 0.25) is 0 Å². The molecule has 0 amide bonds. The van der Waals surface area contributed by atoms with Crippen LogP contribution in [0.5, 0.6) is 0 Å². The Hall–Kier alpha value is -1.25. The molecule has 10 aliphatic rings. The Kier molecular flexibility index (Phi) is 9.15. The van der Waals surface area contributed by atoms with Gasteiger partial charge in [0.05, 0.1) is 61.5 Å². The van der Waals surface area contributed by atoms with E-state index in [1.807, 2.05) is 6.92 Å². The fourth-order valence-corrected chi connectivity index (χ4v) is 11.1. The number of carbonyl (C=O) groups is 1. The Morgan fingerprint density at radius 1 is 0.740 bits per heavy atom. The highest BCUT2D eigenvalue weighted by atomic mass is 16.8. The van der Waals surface area contributed by atoms with Crippen LogP contribution in [-0.4, -0.2) is 120 Å². The highest BCUT2D eigenvalue weighted by Crippen LogP contribution is 2.54. The molecule has 1 spiro atoms. The second-order valence-electron chi connectivity index (χ2n) is 17.1. The molecule has 0 aromatic heterocycles. The molecular weight excluding hydrogens is 644 g/mol. The summed E-state index contributed by atoms with van der Waals surface area (Å²) in [7, 11) is 0. The van der Waals surface area contributed by atoms with Crippen molar-refractivity contribution in [2.75, 3.05) is 6.61 Å². The van der Waals surface area contributed by atoms with Crippen molar-refractivity contribution in [1.82, 2.24) is 0 Å². The standard InChI is InChI=1S/C39H56O11/c1-18-11-23-5-7-28-19(2)12-25(43-28)9-10-39-16-32-35(49-39)36-37(48-32)38(50-39)34-29(46-36)8-6-24(45-34)13-22(41)14-26-21(4)33(27(42)17-40)47-31(26)15-30(44-23)20(18)3/h18,21,23-38,40,42H,2-3,5-17H2,1,4H3/t18-,21-,23+,24?,25+,26-,27?,28?,29+,30?,31+,32+,33?,34+,35+,36+,37-,38+,39+/m1/s1. The van der Waals surface area contributed by atoms with Crippen molar-refractivity contribution in [2.24, 2.45) is 17.8 Å². The normalized spacial score (nSPS) is 54.0. The first kappa shape index (κ1) is 34.5. The van der Waals surface area contributed by atoms with Crippen LogP contribution in [0.15, 0.2) is 24.3 Å². The van der Waals surface area contributed by atoms with E-state index in [2.05, 4.69) is 20.1 Å². The molecule has 278 valence electrons. The molecule has 10 fully saturated rings. The van der Waals surface area contributed by atoms with Crippen LogP contribution < -0.4 is 0 Å². The van der Waals surface area contributed by atoms with Crippen LogP contribution in [0.3, 0.4) is 0 Å². The summed E-state index contributed by atoms with van der Waals surface area (Å²) in [6, 6.07) is 0. The second kappa shape index (κ2) is 13.2. The van der Waals surface area contributed by atoms with Crippen molar-refractivity contribution >= 4 is 5.78 Å². The number of aliphatic hydroxyl groups excluding tert-OH is 2. The summed E-state index contributed by atoms with van der Waals surface area (Å²) in [6.07, 6.45) is 4.46. The minimum Gasteiger partial charge on any atom is -0.394 e. The Morgan fingerprint density at radius 3 is 2.32 bits per heavy atom. The summed E-state index contributed by atoms with van der Waals surface area (Å²) in [4.78, 5) is 13.9. The fraction of sp³-hybridized carbons (Fsp3) is 0.872.